The second kappa shape index (κ2) is 14.1. The van der Waals surface area contributed by atoms with Crippen molar-refractivity contribution in [3.63, 3.8) is 0 Å². The van der Waals surface area contributed by atoms with E-state index in [9.17, 15) is 0 Å². The van der Waals surface area contributed by atoms with Crippen molar-refractivity contribution in [2.75, 3.05) is 4.90 Å². The Morgan fingerprint density at radius 2 is 0.773 bits per heavy atom. The fraction of sp³-hybridized carbons (Fsp3) is 0.0161. The van der Waals surface area contributed by atoms with Crippen LogP contribution in [-0.2, 0) is 5.41 Å². The van der Waals surface area contributed by atoms with E-state index in [2.05, 4.69) is 257 Å². The van der Waals surface area contributed by atoms with Crippen molar-refractivity contribution in [3.8, 4) is 50.2 Å². The van der Waals surface area contributed by atoms with Gasteiger partial charge in [-0.2, -0.15) is 0 Å². The summed E-state index contributed by atoms with van der Waals surface area (Å²) in [6.45, 7) is 0. The SMILES string of the molecule is c1ccc(-c2ccc(N(c3ccc(-c4ccc(-n5c6ccccc6n6c7ccccc7nc56)cc4)cc3)c3ccc4c(c3)C3(c5ccccc5-c5ccccc53)c3ccccc3-4)cc2)cc1. The average molecular weight is 841 g/mol. The van der Waals surface area contributed by atoms with E-state index >= 15 is 0 Å². The minimum atomic E-state index is -0.433. The molecular weight excluding hydrogens is 801 g/mol. The standard InChI is InChI=1S/C62H40N4/c1-2-14-41(15-3-1)42-26-32-45(33-27-42)64(48-38-39-52-51-18-6-9-21-55(51)62(56(52)40-48)53-19-7-4-16-49(53)50-17-5-8-20-54(50)62)46-34-28-43(29-35-46)44-30-36-47(37-31-44)65-59-24-12-13-25-60(59)66-58-23-11-10-22-57(58)63-61(65)66/h1-40H. The van der Waals surface area contributed by atoms with Gasteiger partial charge in [0.1, 0.15) is 0 Å². The van der Waals surface area contributed by atoms with Crippen LogP contribution in [0, 0.1) is 0 Å². The Labute approximate surface area is 382 Å². The van der Waals surface area contributed by atoms with Gasteiger partial charge in [0.25, 0.3) is 0 Å². The first kappa shape index (κ1) is 36.7. The molecule has 12 aromatic rings. The normalized spacial score (nSPS) is 13.0. The Bertz CT molecular complexity index is 3790. The van der Waals surface area contributed by atoms with E-state index in [0.29, 0.717) is 0 Å². The topological polar surface area (TPSA) is 25.5 Å². The Kier molecular flexibility index (Phi) is 7.87. The summed E-state index contributed by atoms with van der Waals surface area (Å²) in [5, 5.41) is 0. The molecular formula is C62H40N4. The molecule has 2 aliphatic rings. The Hall–Kier alpha value is -8.73. The molecule has 0 fully saturated rings. The monoisotopic (exact) mass is 840 g/mol. The second-order valence-corrected chi connectivity index (χ2v) is 17.5. The summed E-state index contributed by atoms with van der Waals surface area (Å²) >= 11 is 0. The summed E-state index contributed by atoms with van der Waals surface area (Å²) in [4.78, 5) is 7.52. The molecule has 0 N–H and O–H groups in total. The van der Waals surface area contributed by atoms with Gasteiger partial charge in [0.05, 0.1) is 27.5 Å². The molecule has 10 aromatic carbocycles. The molecule has 4 heteroatoms. The molecule has 0 atom stereocenters. The highest BCUT2D eigenvalue weighted by molar-refractivity contribution is 5.97. The average Bonchev–Trinajstić information content (AvgIpc) is 4.10. The minimum Gasteiger partial charge on any atom is -0.310 e. The summed E-state index contributed by atoms with van der Waals surface area (Å²) in [7, 11) is 0. The van der Waals surface area contributed by atoms with Crippen LogP contribution in [0.15, 0.2) is 243 Å². The predicted molar refractivity (Wildman–Crippen MR) is 271 cm³/mol. The van der Waals surface area contributed by atoms with Crippen molar-refractivity contribution < 1.29 is 0 Å². The third-order valence-electron chi connectivity index (χ3n) is 14.2. The number of anilines is 3. The van der Waals surface area contributed by atoms with Crippen molar-refractivity contribution in [2.45, 2.75) is 5.41 Å². The van der Waals surface area contributed by atoms with Crippen molar-refractivity contribution >= 4 is 44.9 Å². The quantitative estimate of drug-likeness (QED) is 0.167. The number of para-hydroxylation sites is 4. The molecule has 1 spiro atoms. The van der Waals surface area contributed by atoms with Crippen LogP contribution in [0.3, 0.4) is 0 Å². The number of fused-ring (bicyclic) bond motifs is 15. The molecule has 2 heterocycles. The maximum absolute atomic E-state index is 5.10. The lowest BCUT2D eigenvalue weighted by Crippen LogP contribution is -2.26. The summed E-state index contributed by atoms with van der Waals surface area (Å²) in [6.07, 6.45) is 0. The molecule has 0 unspecified atom stereocenters. The number of hydrogen-bond acceptors (Lipinski definition) is 2. The van der Waals surface area contributed by atoms with Gasteiger partial charge < -0.3 is 4.90 Å². The first-order valence-electron chi connectivity index (χ1n) is 22.7. The molecule has 2 aromatic heterocycles. The lowest BCUT2D eigenvalue weighted by Gasteiger charge is -2.32. The molecule has 0 aliphatic heterocycles. The zero-order valence-corrected chi connectivity index (χ0v) is 35.9. The molecule has 66 heavy (non-hydrogen) atoms. The van der Waals surface area contributed by atoms with Gasteiger partial charge >= 0.3 is 0 Å². The molecule has 0 amide bonds. The van der Waals surface area contributed by atoms with Gasteiger partial charge in [-0.05, 0) is 140 Å². The Balaban J connectivity index is 0.889. The van der Waals surface area contributed by atoms with E-state index in [-0.39, 0.29) is 0 Å². The number of imidazole rings is 2. The van der Waals surface area contributed by atoms with Crippen molar-refractivity contribution in [1.82, 2.24) is 14.0 Å². The van der Waals surface area contributed by atoms with Crippen LogP contribution in [0.5, 0.6) is 0 Å². The van der Waals surface area contributed by atoms with Crippen molar-refractivity contribution in [2.24, 2.45) is 0 Å². The van der Waals surface area contributed by atoms with E-state index in [1.807, 2.05) is 0 Å². The van der Waals surface area contributed by atoms with E-state index in [0.717, 1.165) is 61.7 Å². The summed E-state index contributed by atoms with van der Waals surface area (Å²) in [5.41, 5.74) is 23.6. The van der Waals surface area contributed by atoms with Crippen LogP contribution in [0.25, 0.3) is 78.0 Å². The summed E-state index contributed by atoms with van der Waals surface area (Å²) in [6, 6.07) is 88.7. The van der Waals surface area contributed by atoms with Crippen molar-refractivity contribution in [1.29, 1.82) is 0 Å². The Morgan fingerprint density at radius 3 is 1.36 bits per heavy atom. The maximum atomic E-state index is 5.10. The molecule has 14 rings (SSSR count). The summed E-state index contributed by atoms with van der Waals surface area (Å²) in [5.74, 6) is 0.911. The van der Waals surface area contributed by atoms with Gasteiger partial charge in [-0.3, -0.25) is 8.97 Å². The van der Waals surface area contributed by atoms with Crippen LogP contribution in [0.2, 0.25) is 0 Å². The lowest BCUT2D eigenvalue weighted by molar-refractivity contribution is 0.793. The highest BCUT2D eigenvalue weighted by atomic mass is 15.2. The van der Waals surface area contributed by atoms with Gasteiger partial charge in [0.2, 0.25) is 5.78 Å². The number of rotatable bonds is 6. The van der Waals surface area contributed by atoms with Crippen LogP contribution >= 0.6 is 0 Å². The third-order valence-corrected chi connectivity index (χ3v) is 14.2. The van der Waals surface area contributed by atoms with Crippen LogP contribution in [-0.4, -0.2) is 14.0 Å². The van der Waals surface area contributed by atoms with E-state index in [1.54, 1.807) is 0 Å². The predicted octanol–water partition coefficient (Wildman–Crippen LogP) is 15.6. The van der Waals surface area contributed by atoms with Gasteiger partial charge in [-0.15, -0.1) is 0 Å². The minimum absolute atomic E-state index is 0.433. The number of nitrogens with zero attached hydrogens (tertiary/aromatic N) is 4. The van der Waals surface area contributed by atoms with Gasteiger partial charge in [-0.25, -0.2) is 4.98 Å². The summed E-state index contributed by atoms with van der Waals surface area (Å²) < 4.78 is 4.54. The van der Waals surface area contributed by atoms with E-state index < -0.39 is 5.41 Å². The van der Waals surface area contributed by atoms with E-state index in [1.165, 1.54) is 55.6 Å². The lowest BCUT2D eigenvalue weighted by atomic mass is 9.70. The van der Waals surface area contributed by atoms with Crippen molar-refractivity contribution in [3.05, 3.63) is 265 Å². The highest BCUT2D eigenvalue weighted by Crippen LogP contribution is 2.63. The van der Waals surface area contributed by atoms with E-state index in [4.69, 9.17) is 4.98 Å². The smallest absolute Gasteiger partial charge is 0.220 e. The second-order valence-electron chi connectivity index (χ2n) is 17.5. The van der Waals surface area contributed by atoms with Crippen LogP contribution in [0.4, 0.5) is 17.1 Å². The third kappa shape index (κ3) is 5.18. The molecule has 308 valence electrons. The Morgan fingerprint density at radius 1 is 0.333 bits per heavy atom. The van der Waals surface area contributed by atoms with Gasteiger partial charge in [0, 0.05) is 22.7 Å². The zero-order chi connectivity index (χ0) is 43.3. The number of benzene rings is 10. The molecule has 4 nitrogen and oxygen atoms in total. The highest BCUT2D eigenvalue weighted by Gasteiger charge is 2.51. The fourth-order valence-corrected chi connectivity index (χ4v) is 11.3. The fourth-order valence-electron chi connectivity index (χ4n) is 11.3. The first-order chi connectivity index (χ1) is 32.7. The molecule has 0 saturated heterocycles. The number of aromatic nitrogens is 3. The zero-order valence-electron chi connectivity index (χ0n) is 35.9. The van der Waals surface area contributed by atoms with Gasteiger partial charge in [0.15, 0.2) is 0 Å². The molecule has 0 radical (unpaired) electrons. The molecule has 0 saturated carbocycles. The molecule has 2 aliphatic carbocycles. The maximum Gasteiger partial charge on any atom is 0.220 e. The largest absolute Gasteiger partial charge is 0.310 e. The van der Waals surface area contributed by atoms with Gasteiger partial charge in [-0.1, -0.05) is 170 Å². The molecule has 0 bridgehead atoms. The van der Waals surface area contributed by atoms with Crippen LogP contribution < -0.4 is 4.90 Å². The first-order valence-corrected chi connectivity index (χ1v) is 22.7. The number of hydrogen-bond donors (Lipinski definition) is 0. The van der Waals surface area contributed by atoms with Crippen LogP contribution in [0.1, 0.15) is 22.3 Å².